The van der Waals surface area contributed by atoms with E-state index in [2.05, 4.69) is 35.3 Å². The third-order valence-corrected chi connectivity index (χ3v) is 5.18. The molecular weight excluding hydrogens is 302 g/mol. The first-order valence-electron chi connectivity index (χ1n) is 9.32. The third kappa shape index (κ3) is 4.47. The Morgan fingerprint density at radius 3 is 2.83 bits per heavy atom. The number of piperidine rings is 1. The van der Waals surface area contributed by atoms with Crippen molar-refractivity contribution in [2.45, 2.75) is 45.6 Å². The van der Waals surface area contributed by atoms with Gasteiger partial charge in [-0.1, -0.05) is 6.42 Å². The number of nitrogens with one attached hydrogen (secondary N) is 2. The van der Waals surface area contributed by atoms with Gasteiger partial charge in [0.05, 0.1) is 0 Å². The minimum absolute atomic E-state index is 0.604. The van der Waals surface area contributed by atoms with Crippen LogP contribution in [0.1, 0.15) is 37.3 Å². The molecule has 1 atom stereocenters. The predicted molar refractivity (Wildman–Crippen MR) is 96.2 cm³/mol. The summed E-state index contributed by atoms with van der Waals surface area (Å²) >= 11 is 0. The average molecular weight is 333 g/mol. The number of aromatic nitrogens is 3. The molecular formula is C17H31N7. The topological polar surface area (TPSA) is 70.4 Å². The van der Waals surface area contributed by atoms with Crippen LogP contribution in [0.15, 0.2) is 4.99 Å². The minimum Gasteiger partial charge on any atom is -0.356 e. The second-order valence-corrected chi connectivity index (χ2v) is 6.96. The summed E-state index contributed by atoms with van der Waals surface area (Å²) in [5.41, 5.74) is 0. The maximum atomic E-state index is 4.35. The van der Waals surface area contributed by atoms with Crippen molar-refractivity contribution in [3.05, 3.63) is 11.6 Å². The molecule has 1 saturated heterocycles. The Labute approximate surface area is 144 Å². The molecule has 1 fully saturated rings. The lowest BCUT2D eigenvalue weighted by atomic mass is 9.99. The summed E-state index contributed by atoms with van der Waals surface area (Å²) in [6, 6.07) is 0. The number of likely N-dealkylation sites (tertiary alicyclic amines) is 1. The fourth-order valence-electron chi connectivity index (χ4n) is 3.67. The second kappa shape index (κ2) is 8.46. The Kier molecular flexibility index (Phi) is 6.07. The molecule has 0 spiro atoms. The van der Waals surface area contributed by atoms with Crippen LogP contribution in [0, 0.1) is 12.8 Å². The van der Waals surface area contributed by atoms with Gasteiger partial charge in [0.25, 0.3) is 0 Å². The molecule has 2 aliphatic heterocycles. The van der Waals surface area contributed by atoms with Gasteiger partial charge in [-0.2, -0.15) is 0 Å². The summed E-state index contributed by atoms with van der Waals surface area (Å²) in [6.45, 7) is 8.54. The van der Waals surface area contributed by atoms with Crippen molar-refractivity contribution in [1.29, 1.82) is 0 Å². The van der Waals surface area contributed by atoms with Crippen LogP contribution in [0.5, 0.6) is 0 Å². The van der Waals surface area contributed by atoms with Crippen molar-refractivity contribution >= 4 is 5.96 Å². The molecule has 0 bridgehead atoms. The molecule has 0 amide bonds. The molecule has 1 aromatic rings. The normalized spacial score (nSPS) is 22.2. The van der Waals surface area contributed by atoms with E-state index >= 15 is 0 Å². The van der Waals surface area contributed by atoms with Gasteiger partial charge in [-0.05, 0) is 45.2 Å². The summed E-state index contributed by atoms with van der Waals surface area (Å²) < 4.78 is 2.25. The van der Waals surface area contributed by atoms with Gasteiger partial charge in [-0.25, -0.2) is 0 Å². The quantitative estimate of drug-likeness (QED) is 0.616. The Hall–Kier alpha value is -1.63. The van der Waals surface area contributed by atoms with E-state index in [0.29, 0.717) is 5.92 Å². The number of hydrogen-bond acceptors (Lipinski definition) is 4. The molecule has 3 rings (SSSR count). The number of rotatable bonds is 5. The molecule has 3 heterocycles. The van der Waals surface area contributed by atoms with Crippen molar-refractivity contribution < 1.29 is 0 Å². The van der Waals surface area contributed by atoms with Gasteiger partial charge in [0.2, 0.25) is 0 Å². The van der Waals surface area contributed by atoms with E-state index in [0.717, 1.165) is 56.6 Å². The highest BCUT2D eigenvalue weighted by Crippen LogP contribution is 2.19. The number of aliphatic imine (C=N–C) groups is 1. The second-order valence-electron chi connectivity index (χ2n) is 6.96. The number of guanidine groups is 1. The summed E-state index contributed by atoms with van der Waals surface area (Å²) in [6.07, 6.45) is 6.27. The van der Waals surface area contributed by atoms with Crippen molar-refractivity contribution in [3.8, 4) is 0 Å². The first kappa shape index (κ1) is 17.2. The third-order valence-electron chi connectivity index (χ3n) is 5.18. The molecule has 1 unspecified atom stereocenters. The van der Waals surface area contributed by atoms with Crippen LogP contribution in [0.3, 0.4) is 0 Å². The van der Waals surface area contributed by atoms with Crippen molar-refractivity contribution in [3.63, 3.8) is 0 Å². The average Bonchev–Trinajstić information content (AvgIpc) is 2.99. The fourth-order valence-corrected chi connectivity index (χ4v) is 3.67. The SMILES string of the molecule is CN=C(NCCN1CCCCC1)NCC1CCc2nnc(C)n2C1. The van der Waals surface area contributed by atoms with E-state index in [-0.39, 0.29) is 0 Å². The van der Waals surface area contributed by atoms with Gasteiger partial charge < -0.3 is 20.1 Å². The maximum Gasteiger partial charge on any atom is 0.191 e. The lowest BCUT2D eigenvalue weighted by Crippen LogP contribution is -2.44. The number of hydrogen-bond donors (Lipinski definition) is 2. The summed E-state index contributed by atoms with van der Waals surface area (Å²) in [7, 11) is 1.85. The van der Waals surface area contributed by atoms with Crippen LogP contribution in [0.2, 0.25) is 0 Å². The Morgan fingerprint density at radius 1 is 1.21 bits per heavy atom. The highest BCUT2D eigenvalue weighted by molar-refractivity contribution is 5.79. The smallest absolute Gasteiger partial charge is 0.191 e. The Balaban J connectivity index is 1.37. The molecule has 2 N–H and O–H groups in total. The molecule has 0 saturated carbocycles. The molecule has 2 aliphatic rings. The monoisotopic (exact) mass is 333 g/mol. The molecule has 0 radical (unpaired) electrons. The lowest BCUT2D eigenvalue weighted by molar-refractivity contribution is 0.232. The van der Waals surface area contributed by atoms with E-state index in [4.69, 9.17) is 0 Å². The molecule has 7 heteroatoms. The van der Waals surface area contributed by atoms with Gasteiger partial charge >= 0.3 is 0 Å². The molecule has 1 aromatic heterocycles. The Morgan fingerprint density at radius 2 is 2.04 bits per heavy atom. The van der Waals surface area contributed by atoms with E-state index in [1.165, 1.54) is 32.4 Å². The minimum atomic E-state index is 0.604. The molecule has 7 nitrogen and oxygen atoms in total. The number of aryl methyl sites for hydroxylation is 2. The molecule has 0 aliphatic carbocycles. The summed E-state index contributed by atoms with van der Waals surface area (Å²) in [5, 5.41) is 15.4. The highest BCUT2D eigenvalue weighted by atomic mass is 15.3. The van der Waals surface area contributed by atoms with Gasteiger partial charge in [-0.3, -0.25) is 4.99 Å². The molecule has 134 valence electrons. The zero-order chi connectivity index (χ0) is 16.8. The van der Waals surface area contributed by atoms with E-state index in [1.807, 2.05) is 14.0 Å². The first-order chi connectivity index (χ1) is 11.8. The van der Waals surface area contributed by atoms with Gasteiger partial charge in [0, 0.05) is 39.6 Å². The summed E-state index contributed by atoms with van der Waals surface area (Å²) in [4.78, 5) is 6.89. The maximum absolute atomic E-state index is 4.35. The number of fused-ring (bicyclic) bond motifs is 1. The van der Waals surface area contributed by atoms with Crippen LogP contribution in [0.4, 0.5) is 0 Å². The van der Waals surface area contributed by atoms with Crippen LogP contribution < -0.4 is 10.6 Å². The zero-order valence-corrected chi connectivity index (χ0v) is 15.1. The standard InChI is InChI=1S/C17H31N7/c1-14-21-22-16-7-6-15(13-24(14)16)12-20-17(18-2)19-8-11-23-9-4-3-5-10-23/h15H,3-13H2,1-2H3,(H2,18,19,20). The van der Waals surface area contributed by atoms with Crippen LogP contribution >= 0.6 is 0 Å². The predicted octanol–water partition coefficient (Wildman–Crippen LogP) is 0.800. The van der Waals surface area contributed by atoms with E-state index < -0.39 is 0 Å². The van der Waals surface area contributed by atoms with Crippen LogP contribution in [-0.4, -0.2) is 65.4 Å². The van der Waals surface area contributed by atoms with Crippen LogP contribution in [0.25, 0.3) is 0 Å². The first-order valence-corrected chi connectivity index (χ1v) is 9.32. The largest absolute Gasteiger partial charge is 0.356 e. The van der Waals surface area contributed by atoms with E-state index in [1.54, 1.807) is 0 Å². The fraction of sp³-hybridized carbons (Fsp3) is 0.824. The molecule has 0 aromatic carbocycles. The Bertz CT molecular complexity index is 545. The van der Waals surface area contributed by atoms with Crippen molar-refractivity contribution in [2.75, 3.05) is 39.8 Å². The van der Waals surface area contributed by atoms with Gasteiger partial charge in [0.1, 0.15) is 11.6 Å². The van der Waals surface area contributed by atoms with Gasteiger partial charge in [-0.15, -0.1) is 10.2 Å². The van der Waals surface area contributed by atoms with Crippen molar-refractivity contribution in [2.24, 2.45) is 10.9 Å². The van der Waals surface area contributed by atoms with Gasteiger partial charge in [0.15, 0.2) is 5.96 Å². The zero-order valence-electron chi connectivity index (χ0n) is 15.1. The number of nitrogens with zero attached hydrogens (tertiary/aromatic N) is 5. The highest BCUT2D eigenvalue weighted by Gasteiger charge is 2.21. The van der Waals surface area contributed by atoms with Crippen molar-refractivity contribution in [1.82, 2.24) is 30.3 Å². The van der Waals surface area contributed by atoms with E-state index in [9.17, 15) is 0 Å². The summed E-state index contributed by atoms with van der Waals surface area (Å²) in [5.74, 6) is 3.68. The lowest BCUT2D eigenvalue weighted by Gasteiger charge is -2.27. The van der Waals surface area contributed by atoms with Crippen LogP contribution in [-0.2, 0) is 13.0 Å². The molecule has 24 heavy (non-hydrogen) atoms.